The molecule has 0 aliphatic carbocycles. The van der Waals surface area contributed by atoms with Crippen LogP contribution < -0.4 is 10.9 Å². The van der Waals surface area contributed by atoms with Gasteiger partial charge in [0.25, 0.3) is 11.5 Å². The first kappa shape index (κ1) is 17.3. The summed E-state index contributed by atoms with van der Waals surface area (Å²) in [5.74, 6) is -0.538. The summed E-state index contributed by atoms with van der Waals surface area (Å²) < 4.78 is 6.58. The molecule has 0 spiro atoms. The van der Waals surface area contributed by atoms with Crippen molar-refractivity contribution < 1.29 is 14.3 Å². The Morgan fingerprint density at radius 3 is 2.96 bits per heavy atom. The Morgan fingerprint density at radius 2 is 2.16 bits per heavy atom. The molecule has 25 heavy (non-hydrogen) atoms. The maximum Gasteiger partial charge on any atom is 0.255 e. The SMILES string of the molecule is O=C(Cn1cc(C(=O)N2CCCOCC2)ccc1=O)Nc1nccs1. The zero-order valence-electron chi connectivity index (χ0n) is 13.5. The number of pyridine rings is 1. The number of hydrogen-bond acceptors (Lipinski definition) is 6. The first-order chi connectivity index (χ1) is 12.1. The van der Waals surface area contributed by atoms with Crippen molar-refractivity contribution in [3.8, 4) is 0 Å². The highest BCUT2D eigenvalue weighted by molar-refractivity contribution is 7.13. The lowest BCUT2D eigenvalue weighted by atomic mass is 10.2. The van der Waals surface area contributed by atoms with Crippen molar-refractivity contribution in [1.29, 1.82) is 0 Å². The number of carbonyl (C=O) groups excluding carboxylic acids is 2. The third-order valence-corrected chi connectivity index (χ3v) is 4.42. The van der Waals surface area contributed by atoms with E-state index in [1.807, 2.05) is 0 Å². The van der Waals surface area contributed by atoms with E-state index in [0.29, 0.717) is 37.0 Å². The normalized spacial score (nSPS) is 14.8. The lowest BCUT2D eigenvalue weighted by Crippen LogP contribution is -2.34. The molecule has 0 radical (unpaired) electrons. The van der Waals surface area contributed by atoms with Crippen LogP contribution in [-0.4, -0.2) is 52.6 Å². The molecule has 1 aliphatic rings. The second kappa shape index (κ2) is 8.04. The van der Waals surface area contributed by atoms with E-state index in [2.05, 4.69) is 10.3 Å². The molecule has 3 rings (SSSR count). The quantitative estimate of drug-likeness (QED) is 0.869. The highest BCUT2D eigenvalue weighted by Crippen LogP contribution is 2.10. The van der Waals surface area contributed by atoms with Gasteiger partial charge in [0.15, 0.2) is 5.13 Å². The molecule has 0 unspecified atom stereocenters. The average molecular weight is 362 g/mol. The highest BCUT2D eigenvalue weighted by atomic mass is 32.1. The number of nitrogens with one attached hydrogen (secondary N) is 1. The Bertz CT molecular complexity index is 795. The van der Waals surface area contributed by atoms with Crippen LogP contribution in [0.3, 0.4) is 0 Å². The Labute approximate surface area is 148 Å². The van der Waals surface area contributed by atoms with Gasteiger partial charge in [-0.1, -0.05) is 0 Å². The monoisotopic (exact) mass is 362 g/mol. The number of amides is 2. The van der Waals surface area contributed by atoms with Gasteiger partial charge in [0.2, 0.25) is 5.91 Å². The molecule has 2 aromatic heterocycles. The minimum atomic E-state index is -0.371. The molecule has 2 aromatic rings. The van der Waals surface area contributed by atoms with Crippen molar-refractivity contribution in [3.05, 3.63) is 45.8 Å². The number of aromatic nitrogens is 2. The minimum Gasteiger partial charge on any atom is -0.380 e. The lowest BCUT2D eigenvalue weighted by molar-refractivity contribution is -0.116. The Kier molecular flexibility index (Phi) is 5.56. The predicted octanol–water partition coefficient (Wildman–Crippen LogP) is 0.806. The van der Waals surface area contributed by atoms with Crippen molar-refractivity contribution in [2.24, 2.45) is 0 Å². The first-order valence-corrected chi connectivity index (χ1v) is 8.78. The Balaban J connectivity index is 1.72. The maximum absolute atomic E-state index is 12.6. The molecule has 2 amide bonds. The Morgan fingerprint density at radius 1 is 1.28 bits per heavy atom. The number of nitrogens with zero attached hydrogens (tertiary/aromatic N) is 3. The summed E-state index contributed by atoms with van der Waals surface area (Å²) in [6.07, 6.45) is 3.79. The molecule has 0 aromatic carbocycles. The summed E-state index contributed by atoms with van der Waals surface area (Å²) in [5, 5.41) is 4.82. The summed E-state index contributed by atoms with van der Waals surface area (Å²) >= 11 is 1.29. The van der Waals surface area contributed by atoms with Gasteiger partial charge in [0.1, 0.15) is 6.54 Å². The fourth-order valence-electron chi connectivity index (χ4n) is 2.51. The first-order valence-electron chi connectivity index (χ1n) is 7.90. The molecular weight excluding hydrogens is 344 g/mol. The molecule has 8 nitrogen and oxygen atoms in total. The van der Waals surface area contributed by atoms with Gasteiger partial charge < -0.3 is 19.5 Å². The van der Waals surface area contributed by atoms with Crippen LogP contribution in [0.2, 0.25) is 0 Å². The molecule has 1 N–H and O–H groups in total. The van der Waals surface area contributed by atoms with Crippen LogP contribution in [0.4, 0.5) is 5.13 Å². The van der Waals surface area contributed by atoms with Crippen LogP contribution in [-0.2, 0) is 16.1 Å². The van der Waals surface area contributed by atoms with Gasteiger partial charge in [0, 0.05) is 43.5 Å². The number of rotatable bonds is 4. The molecule has 0 saturated carbocycles. The van der Waals surface area contributed by atoms with Crippen LogP contribution >= 0.6 is 11.3 Å². The van der Waals surface area contributed by atoms with Crippen LogP contribution in [0.15, 0.2) is 34.7 Å². The standard InChI is InChI=1S/C16H18N4O4S/c21-13(18-16-17-4-9-25-16)11-20-10-12(2-3-14(20)22)15(23)19-5-1-7-24-8-6-19/h2-4,9-10H,1,5-8,11H2,(H,17,18,21). The summed E-state index contributed by atoms with van der Waals surface area (Å²) in [4.78, 5) is 42.3. The lowest BCUT2D eigenvalue weighted by Gasteiger charge is -2.20. The van der Waals surface area contributed by atoms with E-state index < -0.39 is 0 Å². The predicted molar refractivity (Wildman–Crippen MR) is 92.8 cm³/mol. The van der Waals surface area contributed by atoms with E-state index >= 15 is 0 Å². The topological polar surface area (TPSA) is 93.5 Å². The fourth-order valence-corrected chi connectivity index (χ4v) is 3.06. The van der Waals surface area contributed by atoms with E-state index in [1.165, 1.54) is 34.2 Å². The number of thiazole rings is 1. The summed E-state index contributed by atoms with van der Waals surface area (Å²) in [5.41, 5.74) is 0.0357. The summed E-state index contributed by atoms with van der Waals surface area (Å²) in [7, 11) is 0. The summed E-state index contributed by atoms with van der Waals surface area (Å²) in [6.45, 7) is 2.09. The fraction of sp³-hybridized carbons (Fsp3) is 0.375. The van der Waals surface area contributed by atoms with Gasteiger partial charge in [-0.25, -0.2) is 4.98 Å². The molecule has 1 fully saturated rings. The largest absolute Gasteiger partial charge is 0.380 e. The van der Waals surface area contributed by atoms with Gasteiger partial charge in [-0.2, -0.15) is 0 Å². The van der Waals surface area contributed by atoms with Gasteiger partial charge in [-0.15, -0.1) is 11.3 Å². The van der Waals surface area contributed by atoms with Crippen LogP contribution in [0.1, 0.15) is 16.8 Å². The van der Waals surface area contributed by atoms with Gasteiger partial charge in [0.05, 0.1) is 12.2 Å². The zero-order chi connectivity index (χ0) is 17.6. The van der Waals surface area contributed by atoms with Crippen LogP contribution in [0.5, 0.6) is 0 Å². The van der Waals surface area contributed by atoms with E-state index in [9.17, 15) is 14.4 Å². The van der Waals surface area contributed by atoms with E-state index in [4.69, 9.17) is 4.74 Å². The second-order valence-corrected chi connectivity index (χ2v) is 6.42. The molecule has 0 atom stereocenters. The second-order valence-electron chi connectivity index (χ2n) is 5.53. The molecule has 9 heteroatoms. The van der Waals surface area contributed by atoms with E-state index in [1.54, 1.807) is 16.5 Å². The number of anilines is 1. The third kappa shape index (κ3) is 4.52. The van der Waals surface area contributed by atoms with Crippen molar-refractivity contribution in [2.75, 3.05) is 31.6 Å². The molecule has 0 bridgehead atoms. The number of hydrogen-bond donors (Lipinski definition) is 1. The number of carbonyl (C=O) groups is 2. The van der Waals surface area contributed by atoms with E-state index in [-0.39, 0.29) is 23.9 Å². The highest BCUT2D eigenvalue weighted by Gasteiger charge is 2.18. The molecular formula is C16H18N4O4S. The third-order valence-electron chi connectivity index (χ3n) is 3.73. The molecule has 1 aliphatic heterocycles. The number of ether oxygens (including phenoxy) is 1. The Hall–Kier alpha value is -2.52. The van der Waals surface area contributed by atoms with Gasteiger partial charge in [-0.3, -0.25) is 14.4 Å². The summed E-state index contributed by atoms with van der Waals surface area (Å²) in [6, 6.07) is 2.80. The van der Waals surface area contributed by atoms with Crippen LogP contribution in [0.25, 0.3) is 0 Å². The van der Waals surface area contributed by atoms with Crippen molar-refractivity contribution in [2.45, 2.75) is 13.0 Å². The molecule has 1 saturated heterocycles. The van der Waals surface area contributed by atoms with E-state index in [0.717, 1.165) is 6.42 Å². The van der Waals surface area contributed by atoms with Gasteiger partial charge in [-0.05, 0) is 12.5 Å². The van der Waals surface area contributed by atoms with Crippen molar-refractivity contribution >= 4 is 28.3 Å². The van der Waals surface area contributed by atoms with Crippen LogP contribution in [0, 0.1) is 0 Å². The maximum atomic E-state index is 12.6. The van der Waals surface area contributed by atoms with Gasteiger partial charge >= 0.3 is 0 Å². The average Bonchev–Trinajstić information content (AvgIpc) is 2.95. The minimum absolute atomic E-state index is 0.167. The molecule has 3 heterocycles. The van der Waals surface area contributed by atoms with Crippen molar-refractivity contribution in [1.82, 2.24) is 14.5 Å². The molecule has 132 valence electrons. The van der Waals surface area contributed by atoms with Crippen molar-refractivity contribution in [3.63, 3.8) is 0 Å². The smallest absolute Gasteiger partial charge is 0.255 e. The zero-order valence-corrected chi connectivity index (χ0v) is 14.3.